The molecule has 1 rings (SSSR count). The maximum absolute atomic E-state index is 12.9. The zero-order valence-corrected chi connectivity index (χ0v) is 19.4. The molecule has 2 amide bonds. The zero-order valence-electron chi connectivity index (χ0n) is 18.6. The summed E-state index contributed by atoms with van der Waals surface area (Å²) >= 11 is 0. The Labute approximate surface area is 183 Å². The first-order valence-electron chi connectivity index (χ1n) is 9.60. The second-order valence-electron chi connectivity index (χ2n) is 8.11. The molecule has 11 heteroatoms. The molecule has 31 heavy (non-hydrogen) atoms. The van der Waals surface area contributed by atoms with Crippen molar-refractivity contribution in [2.24, 2.45) is 5.92 Å². The van der Waals surface area contributed by atoms with Crippen molar-refractivity contribution in [3.63, 3.8) is 0 Å². The Balaban J connectivity index is 3.16. The standard InChI is InChI=1S/C20H30N2O8S/c1-14(2)12-16(17(23)28-6)22(19(25)30-20(3,4)5)31(26,27)21-18(24)29-13-15-10-8-7-9-11-15/h7-11,14,16H,12-13H2,1-6H3,(H,21,24)/t16-/m1/s1. The van der Waals surface area contributed by atoms with Gasteiger partial charge < -0.3 is 14.2 Å². The van der Waals surface area contributed by atoms with Crippen LogP contribution in [0.5, 0.6) is 0 Å². The van der Waals surface area contributed by atoms with Gasteiger partial charge in [0.15, 0.2) is 6.04 Å². The summed E-state index contributed by atoms with van der Waals surface area (Å²) in [6.07, 6.45) is -2.69. The molecule has 0 radical (unpaired) electrons. The molecule has 0 aliphatic rings. The molecule has 0 bridgehead atoms. The largest absolute Gasteiger partial charge is 0.467 e. The maximum atomic E-state index is 12.9. The van der Waals surface area contributed by atoms with E-state index in [4.69, 9.17) is 9.47 Å². The fourth-order valence-electron chi connectivity index (χ4n) is 2.48. The summed E-state index contributed by atoms with van der Waals surface area (Å²) in [5, 5.41) is 0. The van der Waals surface area contributed by atoms with Crippen LogP contribution in [0.1, 0.15) is 46.6 Å². The molecular formula is C20H30N2O8S. The summed E-state index contributed by atoms with van der Waals surface area (Å²) in [6, 6.07) is 7.05. The molecule has 0 heterocycles. The van der Waals surface area contributed by atoms with Gasteiger partial charge in [0.25, 0.3) is 0 Å². The molecule has 0 saturated carbocycles. The number of hydrogen-bond acceptors (Lipinski definition) is 8. The number of rotatable bonds is 8. The lowest BCUT2D eigenvalue weighted by Gasteiger charge is -2.31. The number of nitrogens with zero attached hydrogens (tertiary/aromatic N) is 1. The maximum Gasteiger partial charge on any atom is 0.426 e. The third kappa shape index (κ3) is 8.83. The van der Waals surface area contributed by atoms with Gasteiger partial charge in [-0.05, 0) is 38.7 Å². The Morgan fingerprint density at radius 3 is 2.16 bits per heavy atom. The summed E-state index contributed by atoms with van der Waals surface area (Å²) in [7, 11) is -3.80. The fraction of sp³-hybridized carbons (Fsp3) is 0.550. The highest BCUT2D eigenvalue weighted by Crippen LogP contribution is 2.20. The van der Waals surface area contributed by atoms with Gasteiger partial charge in [-0.2, -0.15) is 12.7 Å². The first-order valence-corrected chi connectivity index (χ1v) is 11.0. The molecule has 10 nitrogen and oxygen atoms in total. The minimum atomic E-state index is -4.86. The smallest absolute Gasteiger partial charge is 0.426 e. The van der Waals surface area contributed by atoms with Crippen molar-refractivity contribution >= 4 is 28.4 Å². The van der Waals surface area contributed by atoms with Crippen LogP contribution in [0.2, 0.25) is 0 Å². The number of methoxy groups -OCH3 is 1. The highest BCUT2D eigenvalue weighted by atomic mass is 32.2. The molecule has 0 saturated heterocycles. The van der Waals surface area contributed by atoms with Crippen LogP contribution in [-0.2, 0) is 35.8 Å². The van der Waals surface area contributed by atoms with E-state index in [2.05, 4.69) is 4.74 Å². The van der Waals surface area contributed by atoms with Crippen molar-refractivity contribution in [2.75, 3.05) is 7.11 Å². The Hall–Kier alpha value is -2.82. The third-order valence-corrected chi connectivity index (χ3v) is 5.05. The van der Waals surface area contributed by atoms with Crippen LogP contribution in [0.25, 0.3) is 0 Å². The van der Waals surface area contributed by atoms with Crippen molar-refractivity contribution in [1.82, 2.24) is 9.03 Å². The number of esters is 1. The van der Waals surface area contributed by atoms with Gasteiger partial charge in [0.1, 0.15) is 12.2 Å². The highest BCUT2D eigenvalue weighted by Gasteiger charge is 2.43. The minimum Gasteiger partial charge on any atom is -0.467 e. The molecule has 0 aliphatic heterocycles. The average Bonchev–Trinajstić information content (AvgIpc) is 2.63. The summed E-state index contributed by atoms with van der Waals surface area (Å²) in [4.78, 5) is 37.2. The Morgan fingerprint density at radius 1 is 1.10 bits per heavy atom. The topological polar surface area (TPSA) is 128 Å². The van der Waals surface area contributed by atoms with Gasteiger partial charge in [-0.3, -0.25) is 0 Å². The van der Waals surface area contributed by atoms with Crippen LogP contribution < -0.4 is 4.72 Å². The van der Waals surface area contributed by atoms with E-state index in [9.17, 15) is 22.8 Å². The molecule has 0 unspecified atom stereocenters. The molecule has 1 aromatic rings. The Bertz CT molecular complexity index is 863. The minimum absolute atomic E-state index is 0.0497. The van der Waals surface area contributed by atoms with Crippen LogP contribution in [0, 0.1) is 5.92 Å². The molecule has 0 aliphatic carbocycles. The van der Waals surface area contributed by atoms with Crippen molar-refractivity contribution in [1.29, 1.82) is 0 Å². The van der Waals surface area contributed by atoms with Gasteiger partial charge >= 0.3 is 28.4 Å². The number of hydrogen-bond donors (Lipinski definition) is 1. The van der Waals surface area contributed by atoms with E-state index in [1.165, 1.54) is 20.8 Å². The lowest BCUT2D eigenvalue weighted by atomic mass is 10.0. The lowest BCUT2D eigenvalue weighted by molar-refractivity contribution is -0.145. The monoisotopic (exact) mass is 458 g/mol. The quantitative estimate of drug-likeness (QED) is 0.465. The van der Waals surface area contributed by atoms with Crippen LogP contribution in [0.4, 0.5) is 9.59 Å². The van der Waals surface area contributed by atoms with Gasteiger partial charge in [-0.25, -0.2) is 19.1 Å². The SMILES string of the molecule is COC(=O)[C@@H](CC(C)C)N(C(=O)OC(C)(C)C)S(=O)(=O)NC(=O)OCc1ccccc1. The lowest BCUT2D eigenvalue weighted by Crippen LogP contribution is -2.55. The number of ether oxygens (including phenoxy) is 3. The summed E-state index contributed by atoms with van der Waals surface area (Å²) in [5.41, 5.74) is -0.428. The summed E-state index contributed by atoms with van der Waals surface area (Å²) in [5.74, 6) is -1.16. The van der Waals surface area contributed by atoms with Crippen molar-refractivity contribution < 1.29 is 37.0 Å². The summed E-state index contributed by atoms with van der Waals surface area (Å²) < 4.78 is 42.5. The van der Waals surface area contributed by atoms with E-state index >= 15 is 0 Å². The normalized spacial score (nSPS) is 12.6. The fourth-order valence-corrected chi connectivity index (χ4v) is 3.59. The number of carbonyl (C=O) groups excluding carboxylic acids is 3. The molecule has 0 spiro atoms. The number of nitrogens with one attached hydrogen (secondary N) is 1. The molecule has 1 atom stereocenters. The molecule has 0 fully saturated rings. The van der Waals surface area contributed by atoms with Gasteiger partial charge in [-0.15, -0.1) is 0 Å². The Morgan fingerprint density at radius 2 is 1.68 bits per heavy atom. The zero-order chi connectivity index (χ0) is 23.8. The van der Waals surface area contributed by atoms with Crippen molar-refractivity contribution in [3.8, 4) is 0 Å². The predicted octanol–water partition coefficient (Wildman–Crippen LogP) is 2.98. The van der Waals surface area contributed by atoms with Crippen LogP contribution >= 0.6 is 0 Å². The van der Waals surface area contributed by atoms with Gasteiger partial charge in [0.05, 0.1) is 7.11 Å². The van der Waals surface area contributed by atoms with Gasteiger partial charge in [0, 0.05) is 0 Å². The van der Waals surface area contributed by atoms with Crippen LogP contribution in [0.3, 0.4) is 0 Å². The van der Waals surface area contributed by atoms with E-state index < -0.39 is 40.0 Å². The molecule has 174 valence electrons. The first-order chi connectivity index (χ1) is 14.3. The second kappa shape index (κ2) is 11.0. The Kier molecular flexibility index (Phi) is 9.29. The van der Waals surface area contributed by atoms with Gasteiger partial charge in [0.2, 0.25) is 0 Å². The van der Waals surface area contributed by atoms with E-state index in [0.717, 1.165) is 7.11 Å². The highest BCUT2D eigenvalue weighted by molar-refractivity contribution is 7.88. The molecule has 1 aromatic carbocycles. The average molecular weight is 459 g/mol. The van der Waals surface area contributed by atoms with Crippen molar-refractivity contribution in [2.45, 2.75) is 59.3 Å². The van der Waals surface area contributed by atoms with E-state index in [0.29, 0.717) is 5.56 Å². The van der Waals surface area contributed by atoms with E-state index in [1.807, 2.05) is 0 Å². The first kappa shape index (κ1) is 26.2. The van der Waals surface area contributed by atoms with Gasteiger partial charge in [-0.1, -0.05) is 44.2 Å². The number of carbonyl (C=O) groups is 3. The third-order valence-electron chi connectivity index (χ3n) is 3.71. The molecule has 0 aromatic heterocycles. The van der Waals surface area contributed by atoms with Crippen LogP contribution in [0.15, 0.2) is 30.3 Å². The van der Waals surface area contributed by atoms with Crippen molar-refractivity contribution in [3.05, 3.63) is 35.9 Å². The summed E-state index contributed by atoms with van der Waals surface area (Å²) in [6.45, 7) is 7.88. The number of benzene rings is 1. The molecule has 1 N–H and O–H groups in total. The van der Waals surface area contributed by atoms with E-state index in [1.54, 1.807) is 48.9 Å². The number of amides is 2. The molecular weight excluding hydrogens is 428 g/mol. The second-order valence-corrected chi connectivity index (χ2v) is 9.66. The van der Waals surface area contributed by atoms with E-state index in [-0.39, 0.29) is 23.3 Å². The predicted molar refractivity (Wildman–Crippen MR) is 112 cm³/mol. The van der Waals surface area contributed by atoms with Crippen LogP contribution in [-0.4, -0.2) is 49.6 Å².